The largest absolute Gasteiger partial charge is 0.325 e. The summed E-state index contributed by atoms with van der Waals surface area (Å²) < 4.78 is 0. The zero-order valence-corrected chi connectivity index (χ0v) is 14.6. The summed E-state index contributed by atoms with van der Waals surface area (Å²) in [4.78, 5) is 23.6. The molecule has 0 aromatic heterocycles. The molecule has 0 radical (unpaired) electrons. The normalized spacial score (nSPS) is 17.8. The Hall–Kier alpha value is -2.99. The van der Waals surface area contributed by atoms with Crippen molar-refractivity contribution in [3.05, 3.63) is 65.7 Å². The molecule has 0 aliphatic carbocycles. The zero-order chi connectivity index (χ0) is 18.5. The predicted molar refractivity (Wildman–Crippen MR) is 102 cm³/mol. The lowest BCUT2D eigenvalue weighted by Gasteiger charge is -2.19. The molecule has 2 aromatic rings. The van der Waals surface area contributed by atoms with Crippen LogP contribution in [0.3, 0.4) is 0 Å². The smallest absolute Gasteiger partial charge is 0.241 e. The van der Waals surface area contributed by atoms with E-state index in [9.17, 15) is 9.59 Å². The molecule has 6 nitrogen and oxygen atoms in total. The first-order chi connectivity index (χ1) is 12.5. The number of amides is 2. The summed E-state index contributed by atoms with van der Waals surface area (Å²) in [6.07, 6.45) is 0.907. The van der Waals surface area contributed by atoms with Crippen LogP contribution in [0.25, 0.3) is 0 Å². The van der Waals surface area contributed by atoms with Gasteiger partial charge in [-0.1, -0.05) is 49.4 Å². The lowest BCUT2D eigenvalue weighted by atomic mass is 9.94. The van der Waals surface area contributed by atoms with Crippen molar-refractivity contribution in [3.8, 4) is 0 Å². The number of hydrogen-bond donors (Lipinski definition) is 3. The van der Waals surface area contributed by atoms with Crippen molar-refractivity contribution >= 4 is 23.2 Å². The second-order valence-electron chi connectivity index (χ2n) is 6.50. The molecule has 2 aromatic carbocycles. The highest BCUT2D eigenvalue weighted by Crippen LogP contribution is 2.18. The minimum atomic E-state index is -0.616. The Kier molecular flexibility index (Phi) is 5.43. The van der Waals surface area contributed by atoms with Crippen molar-refractivity contribution in [2.24, 2.45) is 16.8 Å². The quantitative estimate of drug-likeness (QED) is 0.770. The minimum absolute atomic E-state index is 0.0588. The average molecular weight is 350 g/mol. The molecule has 3 rings (SSSR count). The maximum Gasteiger partial charge on any atom is 0.241 e. The lowest BCUT2D eigenvalue weighted by Crippen LogP contribution is -2.37. The van der Waals surface area contributed by atoms with Crippen LogP contribution in [0.4, 0.5) is 5.69 Å². The number of anilines is 1. The summed E-state index contributed by atoms with van der Waals surface area (Å²) >= 11 is 0. The van der Waals surface area contributed by atoms with Crippen molar-refractivity contribution in [2.75, 3.05) is 5.32 Å². The predicted octanol–water partition coefficient (Wildman–Crippen LogP) is 2.06. The van der Waals surface area contributed by atoms with Gasteiger partial charge in [0.05, 0.1) is 11.8 Å². The Morgan fingerprint density at radius 1 is 1.23 bits per heavy atom. The van der Waals surface area contributed by atoms with Gasteiger partial charge in [0.15, 0.2) is 0 Å². The molecule has 0 bridgehead atoms. The van der Waals surface area contributed by atoms with Crippen molar-refractivity contribution in [3.63, 3.8) is 0 Å². The van der Waals surface area contributed by atoms with Crippen LogP contribution < -0.4 is 16.5 Å². The standard InChI is InChI=1S/C20H22N4O2/c1-13-11-18(25)23-24-19(13)15-7-9-16(10-8-15)22-20(26)17(21)12-14-5-3-2-4-6-14/h2-10,13,17H,11-12,21H2,1H3,(H,22,26)(H,23,25)/t13?,17-/m0/s1. The summed E-state index contributed by atoms with van der Waals surface area (Å²) in [6, 6.07) is 16.5. The van der Waals surface area contributed by atoms with Crippen molar-refractivity contribution in [2.45, 2.75) is 25.8 Å². The third-order valence-electron chi connectivity index (χ3n) is 4.34. The molecular formula is C20H22N4O2. The molecule has 1 unspecified atom stereocenters. The van der Waals surface area contributed by atoms with Gasteiger partial charge in [0.2, 0.25) is 11.8 Å². The van der Waals surface area contributed by atoms with E-state index in [1.165, 1.54) is 0 Å². The fourth-order valence-electron chi connectivity index (χ4n) is 2.92. The van der Waals surface area contributed by atoms with E-state index < -0.39 is 6.04 Å². The fraction of sp³-hybridized carbons (Fsp3) is 0.250. The van der Waals surface area contributed by atoms with Crippen LogP contribution in [0.1, 0.15) is 24.5 Å². The molecule has 26 heavy (non-hydrogen) atoms. The summed E-state index contributed by atoms with van der Waals surface area (Å²) in [7, 11) is 0. The van der Waals surface area contributed by atoms with E-state index in [1.807, 2.05) is 61.5 Å². The molecule has 0 fully saturated rings. The number of nitrogens with one attached hydrogen (secondary N) is 2. The molecule has 134 valence electrons. The number of carbonyl (C=O) groups excluding carboxylic acids is 2. The minimum Gasteiger partial charge on any atom is -0.325 e. The topological polar surface area (TPSA) is 96.6 Å². The van der Waals surface area contributed by atoms with Crippen LogP contribution in [0, 0.1) is 5.92 Å². The first-order valence-electron chi connectivity index (χ1n) is 8.60. The second kappa shape index (κ2) is 7.93. The number of rotatable bonds is 5. The van der Waals surface area contributed by atoms with Gasteiger partial charge in [-0.25, -0.2) is 5.43 Å². The van der Waals surface area contributed by atoms with E-state index in [4.69, 9.17) is 5.73 Å². The summed E-state index contributed by atoms with van der Waals surface area (Å²) in [5, 5.41) is 6.97. The molecule has 4 N–H and O–H groups in total. The molecule has 1 aliphatic heterocycles. The van der Waals surface area contributed by atoms with E-state index in [-0.39, 0.29) is 17.7 Å². The van der Waals surface area contributed by atoms with Crippen LogP contribution in [0.2, 0.25) is 0 Å². The van der Waals surface area contributed by atoms with Crippen molar-refractivity contribution in [1.82, 2.24) is 5.43 Å². The first-order valence-corrected chi connectivity index (χ1v) is 8.60. The first kappa shape index (κ1) is 17.8. The molecule has 2 atom stereocenters. The Labute approximate surface area is 152 Å². The van der Waals surface area contributed by atoms with Gasteiger partial charge in [0.25, 0.3) is 0 Å². The second-order valence-corrected chi connectivity index (χ2v) is 6.50. The summed E-state index contributed by atoms with van der Waals surface area (Å²) in [5.74, 6) is -0.238. The fourth-order valence-corrected chi connectivity index (χ4v) is 2.92. The highest BCUT2D eigenvalue weighted by atomic mass is 16.2. The number of carbonyl (C=O) groups is 2. The van der Waals surface area contributed by atoms with Gasteiger partial charge in [0.1, 0.15) is 0 Å². The Morgan fingerprint density at radius 2 is 1.92 bits per heavy atom. The van der Waals surface area contributed by atoms with E-state index in [1.54, 1.807) is 0 Å². The zero-order valence-electron chi connectivity index (χ0n) is 14.6. The van der Waals surface area contributed by atoms with Gasteiger partial charge in [-0.2, -0.15) is 5.10 Å². The molecule has 1 heterocycles. The molecule has 2 amide bonds. The third-order valence-corrected chi connectivity index (χ3v) is 4.34. The van der Waals surface area contributed by atoms with Gasteiger partial charge < -0.3 is 11.1 Å². The maximum atomic E-state index is 12.3. The summed E-state index contributed by atoms with van der Waals surface area (Å²) in [6.45, 7) is 1.97. The van der Waals surface area contributed by atoms with Crippen LogP contribution >= 0.6 is 0 Å². The number of benzene rings is 2. The number of nitrogens with two attached hydrogens (primary N) is 1. The van der Waals surface area contributed by atoms with Crippen LogP contribution in [-0.4, -0.2) is 23.6 Å². The molecule has 0 saturated carbocycles. The molecule has 0 spiro atoms. The summed E-state index contributed by atoms with van der Waals surface area (Å²) in [5.41, 5.74) is 12.0. The van der Waals surface area contributed by atoms with Gasteiger partial charge in [0, 0.05) is 18.0 Å². The average Bonchev–Trinajstić information content (AvgIpc) is 2.63. The van der Waals surface area contributed by atoms with Crippen LogP contribution in [-0.2, 0) is 16.0 Å². The van der Waals surface area contributed by atoms with Gasteiger partial charge >= 0.3 is 0 Å². The van der Waals surface area contributed by atoms with Crippen LogP contribution in [0.15, 0.2) is 59.7 Å². The van der Waals surface area contributed by atoms with Crippen molar-refractivity contribution < 1.29 is 9.59 Å². The Morgan fingerprint density at radius 3 is 2.58 bits per heavy atom. The number of hydrogen-bond acceptors (Lipinski definition) is 4. The van der Waals surface area contributed by atoms with E-state index >= 15 is 0 Å². The Bertz CT molecular complexity index is 815. The van der Waals surface area contributed by atoms with Crippen molar-refractivity contribution in [1.29, 1.82) is 0 Å². The van der Waals surface area contributed by atoms with Gasteiger partial charge in [-0.05, 0) is 29.7 Å². The number of nitrogens with zero attached hydrogens (tertiary/aromatic N) is 1. The van der Waals surface area contributed by atoms with Gasteiger partial charge in [-0.15, -0.1) is 0 Å². The van der Waals surface area contributed by atoms with E-state index in [2.05, 4.69) is 15.8 Å². The van der Waals surface area contributed by atoms with E-state index in [0.29, 0.717) is 18.5 Å². The monoisotopic (exact) mass is 350 g/mol. The maximum absolute atomic E-state index is 12.3. The SMILES string of the molecule is CC1CC(=O)NN=C1c1ccc(NC(=O)[C@@H](N)Cc2ccccc2)cc1. The lowest BCUT2D eigenvalue weighted by molar-refractivity contribution is -0.122. The molecule has 0 saturated heterocycles. The molecule has 1 aliphatic rings. The molecule has 6 heteroatoms. The number of hydrazone groups is 1. The highest BCUT2D eigenvalue weighted by Gasteiger charge is 2.21. The van der Waals surface area contributed by atoms with Crippen LogP contribution in [0.5, 0.6) is 0 Å². The van der Waals surface area contributed by atoms with Gasteiger partial charge in [-0.3, -0.25) is 9.59 Å². The Balaban J connectivity index is 1.62. The third kappa shape index (κ3) is 4.34. The highest BCUT2D eigenvalue weighted by molar-refractivity contribution is 6.06. The molecular weight excluding hydrogens is 328 g/mol. The van der Waals surface area contributed by atoms with E-state index in [0.717, 1.165) is 16.8 Å².